The Hall–Kier alpha value is -2.86. The van der Waals surface area contributed by atoms with Gasteiger partial charge in [0.2, 0.25) is 0 Å². The van der Waals surface area contributed by atoms with Crippen LogP contribution in [0.4, 0.5) is 0 Å². The van der Waals surface area contributed by atoms with Gasteiger partial charge in [0.05, 0.1) is 21.3 Å². The number of nitrogens with zero attached hydrogens (tertiary/aromatic N) is 1. The lowest BCUT2D eigenvalue weighted by Crippen LogP contribution is -2.30. The number of hydrogen-bond acceptors (Lipinski definition) is 5. The number of hydrogen-bond donors (Lipinski definition) is 0. The molecule has 0 saturated carbocycles. The van der Waals surface area contributed by atoms with Gasteiger partial charge in [-0.15, -0.1) is 11.8 Å². The summed E-state index contributed by atoms with van der Waals surface area (Å²) in [7, 11) is 4.83. The molecule has 6 heteroatoms. The number of benzene rings is 3. The third kappa shape index (κ3) is 3.49. The molecule has 4 rings (SSSR count). The molecule has 29 heavy (non-hydrogen) atoms. The van der Waals surface area contributed by atoms with Crippen molar-refractivity contribution in [2.45, 2.75) is 5.37 Å². The van der Waals surface area contributed by atoms with Crippen molar-refractivity contribution in [1.29, 1.82) is 0 Å². The van der Waals surface area contributed by atoms with Crippen LogP contribution in [0, 0.1) is 0 Å². The molecular formula is C23H23NO4S. The highest BCUT2D eigenvalue weighted by molar-refractivity contribution is 7.99. The largest absolute Gasteiger partial charge is 0.496 e. The summed E-state index contributed by atoms with van der Waals surface area (Å²) < 4.78 is 16.5. The van der Waals surface area contributed by atoms with Crippen LogP contribution >= 0.6 is 11.8 Å². The minimum Gasteiger partial charge on any atom is -0.496 e. The molecule has 1 unspecified atom stereocenters. The summed E-state index contributed by atoms with van der Waals surface area (Å²) in [6.45, 7) is 0.675. The second kappa shape index (κ2) is 8.25. The van der Waals surface area contributed by atoms with Gasteiger partial charge in [-0.25, -0.2) is 0 Å². The number of ether oxygens (including phenoxy) is 3. The standard InChI is InChI=1S/C23H23NO4S/c1-26-19-14-21(28-3)20(27-2)13-18(19)23-24(11-12-29-23)22(25)17-10-6-8-15-7-4-5-9-16(15)17/h4-10,13-14,23H,11-12H2,1-3H3. The highest BCUT2D eigenvalue weighted by Gasteiger charge is 2.34. The first-order valence-electron chi connectivity index (χ1n) is 9.38. The van der Waals surface area contributed by atoms with E-state index < -0.39 is 0 Å². The van der Waals surface area contributed by atoms with Crippen LogP contribution in [0.15, 0.2) is 54.6 Å². The summed E-state index contributed by atoms with van der Waals surface area (Å²) in [5, 5.41) is 1.87. The van der Waals surface area contributed by atoms with Gasteiger partial charge in [0.15, 0.2) is 11.5 Å². The van der Waals surface area contributed by atoms with E-state index in [0.717, 1.165) is 27.7 Å². The molecular weight excluding hydrogens is 386 g/mol. The maximum atomic E-state index is 13.5. The highest BCUT2D eigenvalue weighted by Crippen LogP contribution is 2.46. The van der Waals surface area contributed by atoms with Gasteiger partial charge in [-0.05, 0) is 22.9 Å². The molecule has 1 atom stereocenters. The predicted octanol–water partition coefficient (Wildman–Crippen LogP) is 4.75. The zero-order valence-electron chi connectivity index (χ0n) is 16.7. The number of carbonyl (C=O) groups excluding carboxylic acids is 1. The molecule has 0 N–H and O–H groups in total. The Morgan fingerprint density at radius 3 is 2.38 bits per heavy atom. The molecule has 0 bridgehead atoms. The van der Waals surface area contributed by atoms with Crippen molar-refractivity contribution in [2.24, 2.45) is 0 Å². The molecule has 0 spiro atoms. The third-order valence-corrected chi connectivity index (χ3v) is 6.42. The van der Waals surface area contributed by atoms with Crippen molar-refractivity contribution in [3.8, 4) is 17.2 Å². The first-order valence-corrected chi connectivity index (χ1v) is 10.4. The van der Waals surface area contributed by atoms with E-state index in [1.807, 2.05) is 59.5 Å². The SMILES string of the molecule is COc1cc(OC)c(C2SCCN2C(=O)c2cccc3ccccc23)cc1OC. The van der Waals surface area contributed by atoms with Gasteiger partial charge < -0.3 is 19.1 Å². The minimum atomic E-state index is -0.156. The fraction of sp³-hybridized carbons (Fsp3) is 0.261. The molecule has 1 aliphatic heterocycles. The fourth-order valence-corrected chi connectivity index (χ4v) is 5.02. The van der Waals surface area contributed by atoms with E-state index in [1.54, 1.807) is 33.1 Å². The second-order valence-corrected chi connectivity index (χ2v) is 7.89. The first-order chi connectivity index (χ1) is 14.2. The van der Waals surface area contributed by atoms with Crippen molar-refractivity contribution in [3.63, 3.8) is 0 Å². The molecule has 1 saturated heterocycles. The van der Waals surface area contributed by atoms with Gasteiger partial charge in [-0.1, -0.05) is 36.4 Å². The average molecular weight is 410 g/mol. The van der Waals surface area contributed by atoms with Gasteiger partial charge in [-0.3, -0.25) is 4.79 Å². The van der Waals surface area contributed by atoms with E-state index in [1.165, 1.54) is 0 Å². The molecule has 1 fully saturated rings. The van der Waals surface area contributed by atoms with Gasteiger partial charge in [0.25, 0.3) is 5.91 Å². The lowest BCUT2D eigenvalue weighted by Gasteiger charge is -2.26. The monoisotopic (exact) mass is 409 g/mol. The fourth-order valence-electron chi connectivity index (χ4n) is 3.75. The van der Waals surface area contributed by atoms with Crippen LogP contribution in [-0.4, -0.2) is 44.4 Å². The summed E-state index contributed by atoms with van der Waals surface area (Å²) in [6.07, 6.45) is 0. The molecule has 0 aliphatic carbocycles. The summed E-state index contributed by atoms with van der Waals surface area (Å²) in [5.41, 5.74) is 1.62. The molecule has 1 aliphatic rings. The van der Waals surface area contributed by atoms with E-state index in [2.05, 4.69) is 0 Å². The smallest absolute Gasteiger partial charge is 0.255 e. The quantitative estimate of drug-likeness (QED) is 0.608. The summed E-state index contributed by atoms with van der Waals surface area (Å²) in [5.74, 6) is 2.78. The summed E-state index contributed by atoms with van der Waals surface area (Å²) in [6, 6.07) is 17.6. The second-order valence-electron chi connectivity index (χ2n) is 6.70. The Balaban J connectivity index is 1.75. The van der Waals surface area contributed by atoms with Crippen LogP contribution in [0.25, 0.3) is 10.8 Å². The van der Waals surface area contributed by atoms with Crippen LogP contribution in [0.1, 0.15) is 21.3 Å². The number of carbonyl (C=O) groups is 1. The van der Waals surface area contributed by atoms with Crippen LogP contribution in [0.3, 0.4) is 0 Å². The number of fused-ring (bicyclic) bond motifs is 1. The predicted molar refractivity (Wildman–Crippen MR) is 116 cm³/mol. The van der Waals surface area contributed by atoms with E-state index in [4.69, 9.17) is 14.2 Å². The molecule has 1 heterocycles. The van der Waals surface area contributed by atoms with Gasteiger partial charge in [-0.2, -0.15) is 0 Å². The minimum absolute atomic E-state index is 0.0219. The molecule has 150 valence electrons. The molecule has 1 amide bonds. The van der Waals surface area contributed by atoms with E-state index >= 15 is 0 Å². The van der Waals surface area contributed by atoms with Crippen molar-refractivity contribution >= 4 is 28.4 Å². The lowest BCUT2D eigenvalue weighted by molar-refractivity contribution is 0.0761. The molecule has 0 radical (unpaired) electrons. The van der Waals surface area contributed by atoms with Crippen molar-refractivity contribution < 1.29 is 19.0 Å². The van der Waals surface area contributed by atoms with Gasteiger partial charge in [0, 0.05) is 29.5 Å². The molecule has 3 aromatic rings. The lowest BCUT2D eigenvalue weighted by atomic mass is 10.0. The van der Waals surface area contributed by atoms with Gasteiger partial charge >= 0.3 is 0 Å². The summed E-state index contributed by atoms with van der Waals surface area (Å²) in [4.78, 5) is 15.5. The van der Waals surface area contributed by atoms with E-state index in [-0.39, 0.29) is 11.3 Å². The number of thioether (sulfide) groups is 1. The van der Waals surface area contributed by atoms with Crippen molar-refractivity contribution in [1.82, 2.24) is 4.90 Å². The Labute approximate surface area is 174 Å². The zero-order valence-corrected chi connectivity index (χ0v) is 17.5. The van der Waals surface area contributed by atoms with E-state index in [0.29, 0.717) is 23.8 Å². The number of methoxy groups -OCH3 is 3. The van der Waals surface area contributed by atoms with Gasteiger partial charge in [0.1, 0.15) is 11.1 Å². The topological polar surface area (TPSA) is 48.0 Å². The van der Waals surface area contributed by atoms with E-state index in [9.17, 15) is 4.79 Å². The average Bonchev–Trinajstić information content (AvgIpc) is 3.26. The van der Waals surface area contributed by atoms with Crippen molar-refractivity contribution in [2.75, 3.05) is 33.6 Å². The molecule has 0 aromatic heterocycles. The third-order valence-electron chi connectivity index (χ3n) is 5.17. The van der Waals surface area contributed by atoms with Crippen LogP contribution < -0.4 is 14.2 Å². The maximum absolute atomic E-state index is 13.5. The zero-order chi connectivity index (χ0) is 20.4. The first kappa shape index (κ1) is 19.5. The number of rotatable bonds is 5. The molecule has 5 nitrogen and oxygen atoms in total. The molecule has 3 aromatic carbocycles. The highest BCUT2D eigenvalue weighted by atomic mass is 32.2. The van der Waals surface area contributed by atoms with Crippen LogP contribution in [0.2, 0.25) is 0 Å². The van der Waals surface area contributed by atoms with Crippen molar-refractivity contribution in [3.05, 3.63) is 65.7 Å². The maximum Gasteiger partial charge on any atom is 0.255 e. The van der Waals surface area contributed by atoms with Crippen LogP contribution in [-0.2, 0) is 0 Å². The number of amides is 1. The summed E-state index contributed by atoms with van der Waals surface area (Å²) >= 11 is 1.72. The Bertz CT molecular complexity index is 1050. The Morgan fingerprint density at radius 1 is 0.931 bits per heavy atom. The Kier molecular flexibility index (Phi) is 5.53. The van der Waals surface area contributed by atoms with Crippen LogP contribution in [0.5, 0.6) is 17.2 Å². The Morgan fingerprint density at radius 2 is 1.62 bits per heavy atom. The normalized spacial score (nSPS) is 16.1.